The van der Waals surface area contributed by atoms with Crippen molar-refractivity contribution in [2.75, 3.05) is 40.9 Å². The molecule has 1 atom stereocenters. The van der Waals surface area contributed by atoms with Gasteiger partial charge in [0.1, 0.15) is 13.2 Å². The lowest BCUT2D eigenvalue weighted by molar-refractivity contribution is -0.870. The van der Waals surface area contributed by atoms with Crippen molar-refractivity contribution in [2.24, 2.45) is 0 Å². The van der Waals surface area contributed by atoms with Gasteiger partial charge in [0.2, 0.25) is 0 Å². The van der Waals surface area contributed by atoms with Gasteiger partial charge < -0.3 is 9.38 Å². The number of nitrogens with zero attached hydrogens (tertiary/aromatic N) is 1. The molecular formula is C16H33NO4P+. The van der Waals surface area contributed by atoms with Gasteiger partial charge in [-0.1, -0.05) is 32.1 Å². The van der Waals surface area contributed by atoms with Crippen molar-refractivity contribution < 1.29 is 23.0 Å². The van der Waals surface area contributed by atoms with E-state index in [1.54, 1.807) is 0 Å². The first-order chi connectivity index (χ1) is 10.3. The first-order valence-electron chi connectivity index (χ1n) is 8.13. The number of quaternary nitrogens is 1. The molecule has 0 aromatic carbocycles. The van der Waals surface area contributed by atoms with Crippen LogP contribution in [-0.2, 0) is 13.6 Å². The van der Waals surface area contributed by atoms with Crippen molar-refractivity contribution in [1.82, 2.24) is 0 Å². The average molecular weight is 334 g/mol. The standard InChI is InChI=1S/C16H32NO4P/c1-5-6-7-8-9-10-11-12-13-15-20-22(18,19)21-16-14-17(2,3)4/h1H,6-16H2,2-4H3/p+1. The van der Waals surface area contributed by atoms with Crippen LogP contribution in [0.1, 0.15) is 51.4 Å². The number of phosphoric acid groups is 1. The highest BCUT2D eigenvalue weighted by atomic mass is 31.2. The number of terminal acetylenes is 1. The first kappa shape index (κ1) is 21.6. The van der Waals surface area contributed by atoms with E-state index in [-0.39, 0.29) is 13.2 Å². The molecule has 130 valence electrons. The number of unbranched alkanes of at least 4 members (excludes halogenated alkanes) is 7. The van der Waals surface area contributed by atoms with E-state index in [9.17, 15) is 9.46 Å². The van der Waals surface area contributed by atoms with Crippen LogP contribution < -0.4 is 0 Å². The predicted molar refractivity (Wildman–Crippen MR) is 90.4 cm³/mol. The third-order valence-electron chi connectivity index (χ3n) is 3.24. The van der Waals surface area contributed by atoms with Gasteiger partial charge in [0.15, 0.2) is 0 Å². The Morgan fingerprint density at radius 2 is 1.45 bits per heavy atom. The minimum atomic E-state index is -3.88. The van der Waals surface area contributed by atoms with E-state index in [2.05, 4.69) is 5.92 Å². The highest BCUT2D eigenvalue weighted by Crippen LogP contribution is 2.43. The minimum Gasteiger partial charge on any atom is -0.329 e. The Balaban J connectivity index is 3.45. The van der Waals surface area contributed by atoms with Crippen LogP contribution in [0.4, 0.5) is 0 Å². The van der Waals surface area contributed by atoms with E-state index in [0.717, 1.165) is 32.1 Å². The van der Waals surface area contributed by atoms with Crippen LogP contribution in [0.3, 0.4) is 0 Å². The molecule has 0 fully saturated rings. The summed E-state index contributed by atoms with van der Waals surface area (Å²) in [4.78, 5) is 9.52. The summed E-state index contributed by atoms with van der Waals surface area (Å²) >= 11 is 0. The van der Waals surface area contributed by atoms with Gasteiger partial charge in [0, 0.05) is 6.42 Å². The molecule has 22 heavy (non-hydrogen) atoms. The quantitative estimate of drug-likeness (QED) is 0.228. The SMILES string of the molecule is C#CCCCCCCCCCOP(=O)(O)OCC[N+](C)(C)C. The Labute approximate surface area is 136 Å². The Morgan fingerprint density at radius 3 is 2.00 bits per heavy atom. The predicted octanol–water partition coefficient (Wildman–Crippen LogP) is 3.58. The average Bonchev–Trinajstić information content (AvgIpc) is 2.39. The second-order valence-corrected chi connectivity index (χ2v) is 8.03. The second-order valence-electron chi connectivity index (χ2n) is 6.58. The Hall–Kier alpha value is -0.370. The number of hydrogen-bond donors (Lipinski definition) is 1. The van der Waals surface area contributed by atoms with Gasteiger partial charge in [-0.3, -0.25) is 9.05 Å². The molecule has 0 aliphatic carbocycles. The van der Waals surface area contributed by atoms with Crippen molar-refractivity contribution in [3.63, 3.8) is 0 Å². The maximum Gasteiger partial charge on any atom is 0.472 e. The van der Waals surface area contributed by atoms with Gasteiger partial charge in [-0.05, 0) is 12.8 Å². The van der Waals surface area contributed by atoms with Gasteiger partial charge in [-0.2, -0.15) is 0 Å². The van der Waals surface area contributed by atoms with Crippen molar-refractivity contribution in [3.8, 4) is 12.3 Å². The zero-order chi connectivity index (χ0) is 16.9. The third-order valence-corrected chi connectivity index (χ3v) is 4.25. The molecule has 0 spiro atoms. The molecule has 0 radical (unpaired) electrons. The molecule has 0 saturated heterocycles. The molecule has 0 bridgehead atoms. The Bertz CT molecular complexity index is 360. The fourth-order valence-corrected chi connectivity index (χ4v) is 2.61. The molecule has 0 saturated carbocycles. The summed E-state index contributed by atoms with van der Waals surface area (Å²) in [6.07, 6.45) is 13.7. The van der Waals surface area contributed by atoms with Gasteiger partial charge in [0.05, 0.1) is 27.7 Å². The maximum atomic E-state index is 11.6. The smallest absolute Gasteiger partial charge is 0.329 e. The zero-order valence-electron chi connectivity index (χ0n) is 14.4. The van der Waals surface area contributed by atoms with Crippen molar-refractivity contribution >= 4 is 7.82 Å². The van der Waals surface area contributed by atoms with Gasteiger partial charge >= 0.3 is 7.82 Å². The molecule has 0 heterocycles. The van der Waals surface area contributed by atoms with Gasteiger partial charge in [0.25, 0.3) is 0 Å². The second kappa shape index (κ2) is 12.1. The van der Waals surface area contributed by atoms with Crippen molar-refractivity contribution in [1.29, 1.82) is 0 Å². The summed E-state index contributed by atoms with van der Waals surface area (Å²) in [7, 11) is 2.12. The van der Waals surface area contributed by atoms with E-state index >= 15 is 0 Å². The molecular weight excluding hydrogens is 301 g/mol. The number of likely N-dealkylation sites (N-methyl/N-ethyl adjacent to an activating group) is 1. The molecule has 1 N–H and O–H groups in total. The van der Waals surface area contributed by atoms with E-state index in [4.69, 9.17) is 15.5 Å². The summed E-state index contributed by atoms with van der Waals surface area (Å²) < 4.78 is 22.2. The molecule has 0 aliphatic heterocycles. The largest absolute Gasteiger partial charge is 0.472 e. The van der Waals surface area contributed by atoms with E-state index < -0.39 is 7.82 Å². The minimum absolute atomic E-state index is 0.217. The van der Waals surface area contributed by atoms with Crippen LogP contribution in [0.15, 0.2) is 0 Å². The molecule has 0 aromatic heterocycles. The fraction of sp³-hybridized carbons (Fsp3) is 0.875. The van der Waals surface area contributed by atoms with Gasteiger partial charge in [-0.25, -0.2) is 4.57 Å². The third kappa shape index (κ3) is 16.0. The molecule has 5 nitrogen and oxygen atoms in total. The molecule has 1 unspecified atom stereocenters. The number of rotatable bonds is 14. The molecule has 0 amide bonds. The first-order valence-corrected chi connectivity index (χ1v) is 9.62. The van der Waals surface area contributed by atoms with Crippen LogP contribution in [-0.4, -0.2) is 50.3 Å². The molecule has 0 rings (SSSR count). The van der Waals surface area contributed by atoms with E-state index in [0.29, 0.717) is 11.0 Å². The monoisotopic (exact) mass is 334 g/mol. The van der Waals surface area contributed by atoms with Crippen molar-refractivity contribution in [2.45, 2.75) is 51.4 Å². The molecule has 0 aromatic rings. The lowest BCUT2D eigenvalue weighted by atomic mass is 10.1. The summed E-state index contributed by atoms with van der Waals surface area (Å²) in [5.74, 6) is 2.64. The normalized spacial score (nSPS) is 14.5. The fourth-order valence-electron chi connectivity index (χ4n) is 1.86. The zero-order valence-corrected chi connectivity index (χ0v) is 15.3. The number of phosphoric ester groups is 1. The summed E-state index contributed by atoms with van der Waals surface area (Å²) in [6.45, 7) is 1.15. The summed E-state index contributed by atoms with van der Waals surface area (Å²) in [6, 6.07) is 0. The van der Waals surface area contributed by atoms with E-state index in [1.165, 1.54) is 19.3 Å². The van der Waals surface area contributed by atoms with Crippen LogP contribution >= 0.6 is 7.82 Å². The molecule has 6 heteroatoms. The topological polar surface area (TPSA) is 55.8 Å². The summed E-state index contributed by atoms with van der Waals surface area (Å²) in [5, 5.41) is 0. The van der Waals surface area contributed by atoms with Crippen LogP contribution in [0, 0.1) is 12.3 Å². The summed E-state index contributed by atoms with van der Waals surface area (Å²) in [5.41, 5.74) is 0. The lowest BCUT2D eigenvalue weighted by Crippen LogP contribution is -2.37. The Morgan fingerprint density at radius 1 is 0.955 bits per heavy atom. The number of hydrogen-bond acceptors (Lipinski definition) is 3. The highest BCUT2D eigenvalue weighted by molar-refractivity contribution is 7.47. The van der Waals surface area contributed by atoms with Crippen LogP contribution in [0.5, 0.6) is 0 Å². The molecule has 0 aliphatic rings. The Kier molecular flexibility index (Phi) is 11.9. The maximum absolute atomic E-state index is 11.6. The lowest BCUT2D eigenvalue weighted by Gasteiger charge is -2.24. The van der Waals surface area contributed by atoms with Crippen LogP contribution in [0.2, 0.25) is 0 Å². The van der Waals surface area contributed by atoms with Gasteiger partial charge in [-0.15, -0.1) is 12.3 Å². The highest BCUT2D eigenvalue weighted by Gasteiger charge is 2.21. The van der Waals surface area contributed by atoms with Crippen molar-refractivity contribution in [3.05, 3.63) is 0 Å². The van der Waals surface area contributed by atoms with Crippen LogP contribution in [0.25, 0.3) is 0 Å². The van der Waals surface area contributed by atoms with E-state index in [1.807, 2.05) is 21.1 Å².